The van der Waals surface area contributed by atoms with Gasteiger partial charge in [-0.25, -0.2) is 5.43 Å². The molecule has 0 spiro atoms. The zero-order valence-electron chi connectivity index (χ0n) is 5.26. The van der Waals surface area contributed by atoms with E-state index in [4.69, 9.17) is 5.11 Å². The van der Waals surface area contributed by atoms with Gasteiger partial charge in [-0.2, -0.15) is 0 Å². The number of amides is 1. The number of carbonyl (C=O) groups is 2. The number of hydrogen-bond acceptors (Lipinski definition) is 3. The summed E-state index contributed by atoms with van der Waals surface area (Å²) in [6.07, 6.45) is 0.644. The summed E-state index contributed by atoms with van der Waals surface area (Å²) < 4.78 is 0. The molecule has 0 radical (unpaired) electrons. The Morgan fingerprint density at radius 3 is 2.80 bits per heavy atom. The Balaban J connectivity index is 2.40. The van der Waals surface area contributed by atoms with Gasteiger partial charge in [-0.3, -0.25) is 15.0 Å². The lowest BCUT2D eigenvalue weighted by molar-refractivity contribution is -0.141. The third-order valence-electron chi connectivity index (χ3n) is 1.34. The average Bonchev–Trinajstić information content (AvgIpc) is 1.88. The highest BCUT2D eigenvalue weighted by Crippen LogP contribution is 2.00. The van der Waals surface area contributed by atoms with E-state index in [1.54, 1.807) is 0 Å². The van der Waals surface area contributed by atoms with Crippen LogP contribution in [0.4, 0.5) is 0 Å². The van der Waals surface area contributed by atoms with Crippen molar-refractivity contribution in [3.63, 3.8) is 0 Å². The van der Waals surface area contributed by atoms with E-state index in [-0.39, 0.29) is 12.3 Å². The number of carboxylic acid groups (broad SMARTS) is 1. The largest absolute Gasteiger partial charge is 0.480 e. The van der Waals surface area contributed by atoms with Crippen molar-refractivity contribution in [2.75, 3.05) is 0 Å². The molecule has 0 aliphatic carbocycles. The lowest BCUT2D eigenvalue weighted by atomic mass is 10.1. The van der Waals surface area contributed by atoms with Crippen LogP contribution in [0, 0.1) is 0 Å². The Morgan fingerprint density at radius 2 is 2.40 bits per heavy atom. The lowest BCUT2D eigenvalue weighted by Crippen LogP contribution is -2.52. The molecule has 10 heavy (non-hydrogen) atoms. The first-order chi connectivity index (χ1) is 4.70. The fraction of sp³-hybridized carbons (Fsp3) is 0.600. The molecule has 1 saturated heterocycles. The van der Waals surface area contributed by atoms with Gasteiger partial charge >= 0.3 is 5.97 Å². The van der Waals surface area contributed by atoms with Crippen molar-refractivity contribution < 1.29 is 14.7 Å². The Bertz CT molecular complexity index is 158. The van der Waals surface area contributed by atoms with Crippen LogP contribution in [0.2, 0.25) is 0 Å². The van der Waals surface area contributed by atoms with Gasteiger partial charge in [0.1, 0.15) is 6.04 Å². The summed E-state index contributed by atoms with van der Waals surface area (Å²) in [4.78, 5) is 20.7. The summed E-state index contributed by atoms with van der Waals surface area (Å²) in [6.45, 7) is 0. The molecule has 0 aromatic heterocycles. The van der Waals surface area contributed by atoms with Crippen LogP contribution in [0.15, 0.2) is 0 Å². The maximum Gasteiger partial charge on any atom is 0.322 e. The van der Waals surface area contributed by atoms with Crippen LogP contribution < -0.4 is 10.9 Å². The highest BCUT2D eigenvalue weighted by molar-refractivity contribution is 5.80. The van der Waals surface area contributed by atoms with Crippen molar-refractivity contribution >= 4 is 11.9 Å². The van der Waals surface area contributed by atoms with Crippen molar-refractivity contribution in [1.29, 1.82) is 0 Å². The molecule has 1 atom stereocenters. The Morgan fingerprint density at radius 1 is 1.70 bits per heavy atom. The first-order valence-corrected chi connectivity index (χ1v) is 2.97. The van der Waals surface area contributed by atoms with Crippen molar-refractivity contribution in [2.24, 2.45) is 0 Å². The Kier molecular flexibility index (Phi) is 1.86. The van der Waals surface area contributed by atoms with Crippen LogP contribution in [-0.2, 0) is 9.59 Å². The van der Waals surface area contributed by atoms with Crippen LogP contribution in [0.1, 0.15) is 12.8 Å². The summed E-state index contributed by atoms with van der Waals surface area (Å²) in [5, 5.41) is 8.41. The topological polar surface area (TPSA) is 78.4 Å². The molecule has 0 bridgehead atoms. The monoisotopic (exact) mass is 144 g/mol. The second kappa shape index (κ2) is 2.66. The summed E-state index contributed by atoms with van der Waals surface area (Å²) in [6, 6.07) is -0.627. The average molecular weight is 144 g/mol. The summed E-state index contributed by atoms with van der Waals surface area (Å²) >= 11 is 0. The number of rotatable bonds is 1. The summed E-state index contributed by atoms with van der Waals surface area (Å²) in [7, 11) is 0. The molecule has 0 unspecified atom stereocenters. The first-order valence-electron chi connectivity index (χ1n) is 2.97. The molecule has 1 aliphatic heterocycles. The molecule has 5 heteroatoms. The highest BCUT2D eigenvalue weighted by atomic mass is 16.4. The number of aliphatic carboxylic acids is 1. The standard InChI is InChI=1S/C5H8N2O3/c8-4-2-1-3(5(9)10)6-7-4/h3,6H,1-2H2,(H,7,8)(H,9,10)/t3-/m0/s1. The van der Waals surface area contributed by atoms with Gasteiger partial charge in [-0.15, -0.1) is 0 Å². The molecule has 1 amide bonds. The van der Waals surface area contributed by atoms with Gasteiger partial charge < -0.3 is 5.11 Å². The maximum absolute atomic E-state index is 10.5. The minimum Gasteiger partial charge on any atom is -0.480 e. The number of hydrogen-bond donors (Lipinski definition) is 3. The molecular weight excluding hydrogens is 136 g/mol. The van der Waals surface area contributed by atoms with Gasteiger partial charge in [0.05, 0.1) is 0 Å². The van der Waals surface area contributed by atoms with Gasteiger partial charge in [-0.1, -0.05) is 0 Å². The van der Waals surface area contributed by atoms with Gasteiger partial charge in [-0.05, 0) is 6.42 Å². The lowest BCUT2D eigenvalue weighted by Gasteiger charge is -2.19. The molecule has 1 rings (SSSR count). The fourth-order valence-electron chi connectivity index (χ4n) is 0.763. The minimum absolute atomic E-state index is 0.155. The van der Waals surface area contributed by atoms with E-state index in [9.17, 15) is 9.59 Å². The Hall–Kier alpha value is -1.10. The number of hydrazine groups is 1. The smallest absolute Gasteiger partial charge is 0.322 e. The van der Waals surface area contributed by atoms with Crippen molar-refractivity contribution in [1.82, 2.24) is 10.9 Å². The van der Waals surface area contributed by atoms with Crippen molar-refractivity contribution in [2.45, 2.75) is 18.9 Å². The van der Waals surface area contributed by atoms with Gasteiger partial charge in [0.25, 0.3) is 0 Å². The molecular formula is C5H8N2O3. The normalized spacial score (nSPS) is 25.6. The Labute approximate surface area is 57.4 Å². The van der Waals surface area contributed by atoms with Crippen LogP contribution in [0.25, 0.3) is 0 Å². The van der Waals surface area contributed by atoms with E-state index in [2.05, 4.69) is 10.9 Å². The van der Waals surface area contributed by atoms with Gasteiger partial charge in [0.2, 0.25) is 5.91 Å². The predicted molar refractivity (Wildman–Crippen MR) is 31.9 cm³/mol. The molecule has 1 heterocycles. The van der Waals surface area contributed by atoms with Gasteiger partial charge in [0.15, 0.2) is 0 Å². The van der Waals surface area contributed by atoms with Gasteiger partial charge in [0, 0.05) is 6.42 Å². The zero-order valence-corrected chi connectivity index (χ0v) is 5.26. The van der Waals surface area contributed by atoms with Crippen LogP contribution in [0.3, 0.4) is 0 Å². The van der Waals surface area contributed by atoms with Crippen molar-refractivity contribution in [3.05, 3.63) is 0 Å². The molecule has 1 aliphatic rings. The van der Waals surface area contributed by atoms with Crippen LogP contribution in [-0.4, -0.2) is 23.0 Å². The molecule has 1 fully saturated rings. The molecule has 0 saturated carbocycles. The SMILES string of the molecule is O=C1CC[C@@H](C(=O)O)NN1. The number of carboxylic acids is 1. The number of nitrogens with one attached hydrogen (secondary N) is 2. The zero-order chi connectivity index (χ0) is 7.56. The predicted octanol–water partition coefficient (Wildman–Crippen LogP) is -1.15. The first kappa shape index (κ1) is 7.01. The third kappa shape index (κ3) is 1.44. The minimum atomic E-state index is -0.931. The summed E-state index contributed by atoms with van der Waals surface area (Å²) in [5.41, 5.74) is 4.61. The van der Waals surface area contributed by atoms with E-state index < -0.39 is 12.0 Å². The van der Waals surface area contributed by atoms with E-state index in [0.29, 0.717) is 6.42 Å². The second-order valence-electron chi connectivity index (χ2n) is 2.12. The van der Waals surface area contributed by atoms with E-state index in [1.807, 2.05) is 0 Å². The summed E-state index contributed by atoms with van der Waals surface area (Å²) in [5.74, 6) is -1.09. The van der Waals surface area contributed by atoms with Crippen LogP contribution >= 0.6 is 0 Å². The number of carbonyl (C=O) groups excluding carboxylic acids is 1. The fourth-order valence-corrected chi connectivity index (χ4v) is 0.763. The van der Waals surface area contributed by atoms with E-state index in [1.165, 1.54) is 0 Å². The highest BCUT2D eigenvalue weighted by Gasteiger charge is 2.22. The van der Waals surface area contributed by atoms with Crippen LogP contribution in [0.5, 0.6) is 0 Å². The third-order valence-corrected chi connectivity index (χ3v) is 1.34. The molecule has 0 aromatic rings. The molecule has 56 valence electrons. The molecule has 0 aromatic carbocycles. The quantitative estimate of drug-likeness (QED) is 0.434. The van der Waals surface area contributed by atoms with E-state index >= 15 is 0 Å². The second-order valence-corrected chi connectivity index (χ2v) is 2.12. The molecule has 5 nitrogen and oxygen atoms in total. The molecule has 3 N–H and O–H groups in total. The van der Waals surface area contributed by atoms with Crippen molar-refractivity contribution in [3.8, 4) is 0 Å². The maximum atomic E-state index is 10.5. The van der Waals surface area contributed by atoms with E-state index in [0.717, 1.165) is 0 Å².